The molecule has 0 unspecified atom stereocenters. The van der Waals surface area contributed by atoms with E-state index >= 15 is 0 Å². The van der Waals surface area contributed by atoms with E-state index in [4.69, 9.17) is 0 Å². The third-order valence-electron chi connectivity index (χ3n) is 4.87. The summed E-state index contributed by atoms with van der Waals surface area (Å²) in [5.74, 6) is 1.88. The van der Waals surface area contributed by atoms with Gasteiger partial charge in [-0.15, -0.1) is 10.2 Å². The first-order chi connectivity index (χ1) is 14.1. The van der Waals surface area contributed by atoms with Crippen LogP contribution in [0.5, 0.6) is 0 Å². The lowest BCUT2D eigenvalue weighted by molar-refractivity contribution is 0.651. The summed E-state index contributed by atoms with van der Waals surface area (Å²) in [5.41, 5.74) is 5.78. The SMILES string of the molecule is CCn1c(Cc2ccccc2)nnc1SCc1ccc(-n2nc(C)cc2C)cc1. The fourth-order valence-electron chi connectivity index (χ4n) is 3.42. The van der Waals surface area contributed by atoms with E-state index in [-0.39, 0.29) is 0 Å². The highest BCUT2D eigenvalue weighted by atomic mass is 32.2. The molecule has 0 aliphatic heterocycles. The Balaban J connectivity index is 1.44. The Morgan fingerprint density at radius 2 is 1.66 bits per heavy atom. The topological polar surface area (TPSA) is 48.5 Å². The molecule has 6 heteroatoms. The molecular weight excluding hydrogens is 378 g/mol. The van der Waals surface area contributed by atoms with Crippen LogP contribution in [0.25, 0.3) is 5.69 Å². The molecule has 5 nitrogen and oxygen atoms in total. The summed E-state index contributed by atoms with van der Waals surface area (Å²) in [6.45, 7) is 7.11. The number of hydrogen-bond acceptors (Lipinski definition) is 4. The maximum atomic E-state index is 4.55. The van der Waals surface area contributed by atoms with Gasteiger partial charge >= 0.3 is 0 Å². The third-order valence-corrected chi connectivity index (χ3v) is 5.91. The zero-order valence-electron chi connectivity index (χ0n) is 17.0. The first-order valence-corrected chi connectivity index (χ1v) is 10.8. The van der Waals surface area contributed by atoms with Crippen molar-refractivity contribution in [3.8, 4) is 5.69 Å². The number of nitrogens with zero attached hydrogens (tertiary/aromatic N) is 5. The second-order valence-corrected chi connectivity index (χ2v) is 8.04. The summed E-state index contributed by atoms with van der Waals surface area (Å²) in [7, 11) is 0. The van der Waals surface area contributed by atoms with Gasteiger partial charge in [0.2, 0.25) is 0 Å². The highest BCUT2D eigenvalue weighted by Gasteiger charge is 2.12. The van der Waals surface area contributed by atoms with Crippen LogP contribution in [-0.2, 0) is 18.7 Å². The van der Waals surface area contributed by atoms with Gasteiger partial charge in [-0.25, -0.2) is 4.68 Å². The Morgan fingerprint density at radius 3 is 2.31 bits per heavy atom. The molecule has 0 aliphatic carbocycles. The first-order valence-electron chi connectivity index (χ1n) is 9.85. The number of aryl methyl sites for hydroxylation is 2. The van der Waals surface area contributed by atoms with E-state index in [0.29, 0.717) is 0 Å². The molecule has 4 aromatic rings. The van der Waals surface area contributed by atoms with Crippen LogP contribution in [0.3, 0.4) is 0 Å². The fourth-order valence-corrected chi connectivity index (χ4v) is 4.40. The molecule has 0 bridgehead atoms. The number of thioether (sulfide) groups is 1. The molecule has 0 amide bonds. The monoisotopic (exact) mass is 403 g/mol. The molecule has 148 valence electrons. The molecule has 2 aromatic carbocycles. The van der Waals surface area contributed by atoms with Crippen LogP contribution in [0.15, 0.2) is 65.8 Å². The highest BCUT2D eigenvalue weighted by Crippen LogP contribution is 2.24. The van der Waals surface area contributed by atoms with E-state index in [0.717, 1.165) is 46.8 Å². The molecule has 0 aliphatic rings. The first kappa shape index (κ1) is 19.5. The molecule has 0 atom stereocenters. The van der Waals surface area contributed by atoms with Gasteiger partial charge in [0.15, 0.2) is 5.16 Å². The van der Waals surface area contributed by atoms with Crippen molar-refractivity contribution in [2.45, 2.75) is 44.6 Å². The van der Waals surface area contributed by atoms with Gasteiger partial charge in [-0.2, -0.15) is 5.10 Å². The van der Waals surface area contributed by atoms with E-state index in [1.807, 2.05) is 17.7 Å². The number of rotatable bonds is 7. The molecule has 0 N–H and O–H groups in total. The van der Waals surface area contributed by atoms with E-state index in [1.54, 1.807) is 11.8 Å². The van der Waals surface area contributed by atoms with Gasteiger partial charge in [0, 0.05) is 24.4 Å². The van der Waals surface area contributed by atoms with E-state index in [2.05, 4.69) is 88.3 Å². The molecule has 2 aromatic heterocycles. The molecule has 0 saturated carbocycles. The fraction of sp³-hybridized carbons (Fsp3) is 0.261. The van der Waals surface area contributed by atoms with Gasteiger partial charge in [-0.3, -0.25) is 0 Å². The molecule has 0 saturated heterocycles. The predicted molar refractivity (Wildman–Crippen MR) is 118 cm³/mol. The summed E-state index contributed by atoms with van der Waals surface area (Å²) in [6.07, 6.45) is 0.805. The molecule has 0 spiro atoms. The minimum atomic E-state index is 0.805. The van der Waals surface area contributed by atoms with Crippen LogP contribution in [0.1, 0.15) is 35.3 Å². The van der Waals surface area contributed by atoms with Crippen molar-refractivity contribution in [2.75, 3.05) is 0 Å². The van der Waals surface area contributed by atoms with Crippen molar-refractivity contribution < 1.29 is 0 Å². The third kappa shape index (κ3) is 4.43. The molecule has 2 heterocycles. The Kier molecular flexibility index (Phi) is 5.81. The normalized spacial score (nSPS) is 11.1. The predicted octanol–water partition coefficient (Wildman–Crippen LogP) is 4.98. The lowest BCUT2D eigenvalue weighted by Gasteiger charge is -2.08. The van der Waals surface area contributed by atoms with Gasteiger partial charge in [0.1, 0.15) is 5.82 Å². The van der Waals surface area contributed by atoms with Crippen molar-refractivity contribution in [1.82, 2.24) is 24.5 Å². The van der Waals surface area contributed by atoms with Crippen LogP contribution in [0, 0.1) is 13.8 Å². The lowest BCUT2D eigenvalue weighted by atomic mass is 10.1. The molecule has 0 fully saturated rings. The van der Waals surface area contributed by atoms with Crippen LogP contribution in [-0.4, -0.2) is 24.5 Å². The average Bonchev–Trinajstić information content (AvgIpc) is 3.29. The van der Waals surface area contributed by atoms with E-state index in [9.17, 15) is 0 Å². The zero-order valence-corrected chi connectivity index (χ0v) is 17.9. The average molecular weight is 404 g/mol. The Morgan fingerprint density at radius 1 is 0.897 bits per heavy atom. The van der Waals surface area contributed by atoms with Gasteiger partial charge in [-0.05, 0) is 50.1 Å². The number of hydrogen-bond donors (Lipinski definition) is 0. The molecule has 0 radical (unpaired) electrons. The quantitative estimate of drug-likeness (QED) is 0.408. The maximum absolute atomic E-state index is 4.55. The molecule has 29 heavy (non-hydrogen) atoms. The van der Waals surface area contributed by atoms with Crippen molar-refractivity contribution in [2.24, 2.45) is 0 Å². The van der Waals surface area contributed by atoms with Crippen LogP contribution in [0.4, 0.5) is 0 Å². The summed E-state index contributed by atoms with van der Waals surface area (Å²) in [5, 5.41) is 14.4. The van der Waals surface area contributed by atoms with E-state index < -0.39 is 0 Å². The standard InChI is InChI=1S/C23H25N5S/c1-4-27-22(15-19-8-6-5-7-9-19)24-25-23(27)29-16-20-10-12-21(13-11-20)28-18(3)14-17(2)26-28/h5-14H,4,15-16H2,1-3H3. The minimum absolute atomic E-state index is 0.805. The highest BCUT2D eigenvalue weighted by molar-refractivity contribution is 7.98. The summed E-state index contributed by atoms with van der Waals surface area (Å²) >= 11 is 1.73. The number of aromatic nitrogens is 5. The maximum Gasteiger partial charge on any atom is 0.191 e. The summed E-state index contributed by atoms with van der Waals surface area (Å²) in [6, 6.07) is 21.1. The zero-order chi connectivity index (χ0) is 20.2. The molecular formula is C23H25N5S. The minimum Gasteiger partial charge on any atom is -0.306 e. The Hall–Kier alpha value is -2.86. The second kappa shape index (κ2) is 8.66. The smallest absolute Gasteiger partial charge is 0.191 e. The largest absolute Gasteiger partial charge is 0.306 e. The lowest BCUT2D eigenvalue weighted by Crippen LogP contribution is -2.04. The molecule has 4 rings (SSSR count). The van der Waals surface area contributed by atoms with Gasteiger partial charge in [0.05, 0.1) is 11.4 Å². The Labute approximate surface area is 175 Å². The van der Waals surface area contributed by atoms with Gasteiger partial charge in [-0.1, -0.05) is 54.2 Å². The van der Waals surface area contributed by atoms with Crippen LogP contribution in [0.2, 0.25) is 0 Å². The summed E-state index contributed by atoms with van der Waals surface area (Å²) < 4.78 is 4.19. The van der Waals surface area contributed by atoms with Crippen molar-refractivity contribution >= 4 is 11.8 Å². The second-order valence-electron chi connectivity index (χ2n) is 7.10. The van der Waals surface area contributed by atoms with E-state index in [1.165, 1.54) is 11.1 Å². The number of benzene rings is 2. The van der Waals surface area contributed by atoms with Crippen molar-refractivity contribution in [1.29, 1.82) is 0 Å². The van der Waals surface area contributed by atoms with Gasteiger partial charge in [0.25, 0.3) is 0 Å². The summed E-state index contributed by atoms with van der Waals surface area (Å²) in [4.78, 5) is 0. The van der Waals surface area contributed by atoms with Crippen molar-refractivity contribution in [3.05, 3.63) is 89.0 Å². The van der Waals surface area contributed by atoms with Gasteiger partial charge < -0.3 is 4.57 Å². The van der Waals surface area contributed by atoms with Crippen LogP contribution >= 0.6 is 11.8 Å². The van der Waals surface area contributed by atoms with Crippen molar-refractivity contribution in [3.63, 3.8) is 0 Å². The van der Waals surface area contributed by atoms with Crippen LogP contribution < -0.4 is 0 Å². The Bertz CT molecular complexity index is 1080.